The molecule has 2 aromatic carbocycles. The van der Waals surface area contributed by atoms with Gasteiger partial charge in [0.15, 0.2) is 0 Å². The summed E-state index contributed by atoms with van der Waals surface area (Å²) in [4.78, 5) is 0.330. The molecule has 1 saturated heterocycles. The van der Waals surface area contributed by atoms with Crippen molar-refractivity contribution in [2.75, 3.05) is 0 Å². The minimum atomic E-state index is -3.55. The lowest BCUT2D eigenvalue weighted by atomic mass is 10.1. The van der Waals surface area contributed by atoms with Crippen LogP contribution in [0.25, 0.3) is 0 Å². The van der Waals surface area contributed by atoms with Gasteiger partial charge in [0.05, 0.1) is 10.9 Å². The normalized spacial score (nSPS) is 22.8. The third-order valence-corrected chi connectivity index (χ3v) is 6.86. The molecule has 0 N–H and O–H groups in total. The maximum Gasteiger partial charge on any atom is 0.244 e. The molecule has 0 amide bonds. The molecule has 3 rings (SSSR count). The number of rotatable bonds is 3. The first-order valence-corrected chi connectivity index (χ1v) is 13.3. The lowest BCUT2D eigenvalue weighted by molar-refractivity contribution is 0.551. The average molecular weight is 370 g/mol. The van der Waals surface area contributed by atoms with Crippen molar-refractivity contribution >= 4 is 18.1 Å². The molecule has 1 heterocycles. The van der Waals surface area contributed by atoms with Gasteiger partial charge in [-0.25, -0.2) is 8.42 Å². The fourth-order valence-electron chi connectivity index (χ4n) is 2.75. The van der Waals surface area contributed by atoms with E-state index in [2.05, 4.69) is 31.1 Å². The third kappa shape index (κ3) is 3.87. The maximum atomic E-state index is 13.1. The second kappa shape index (κ2) is 6.45. The molecule has 130 valence electrons. The Balaban J connectivity index is 1.99. The zero-order valence-corrected chi connectivity index (χ0v) is 16.8. The summed E-state index contributed by atoms with van der Waals surface area (Å²) in [7, 11) is -5.12. The highest BCUT2D eigenvalue weighted by atomic mass is 32.2. The molecule has 0 aliphatic carbocycles. The predicted molar refractivity (Wildman–Crippen MR) is 104 cm³/mol. The number of hydrogen-bond donors (Lipinski definition) is 0. The molecule has 0 saturated carbocycles. The zero-order valence-electron chi connectivity index (χ0n) is 15.0. The van der Waals surface area contributed by atoms with Crippen LogP contribution in [0.5, 0.6) is 0 Å². The molecule has 1 aliphatic rings. The van der Waals surface area contributed by atoms with Crippen LogP contribution in [-0.4, -0.2) is 26.8 Å². The smallest absolute Gasteiger partial charge is 0.207 e. The van der Waals surface area contributed by atoms with Crippen molar-refractivity contribution in [2.24, 2.45) is 0 Å². The van der Waals surface area contributed by atoms with Crippen molar-refractivity contribution in [1.29, 1.82) is 0 Å². The van der Waals surface area contributed by atoms with Crippen molar-refractivity contribution in [1.82, 2.24) is 4.31 Å². The molecule has 1 aliphatic heterocycles. The predicted octanol–water partition coefficient (Wildman–Crippen LogP) is 3.99. The van der Waals surface area contributed by atoms with E-state index in [9.17, 15) is 8.42 Å². The number of nitrogens with zero attached hydrogens (tertiary/aromatic N) is 1. The van der Waals surface area contributed by atoms with E-state index in [4.69, 9.17) is 0 Å². The minimum Gasteiger partial charge on any atom is -0.207 e. The van der Waals surface area contributed by atoms with E-state index in [1.54, 1.807) is 16.4 Å². The van der Waals surface area contributed by atoms with Gasteiger partial charge in [0, 0.05) is 0 Å². The van der Waals surface area contributed by atoms with Crippen LogP contribution in [0.1, 0.15) is 17.2 Å². The highest BCUT2D eigenvalue weighted by molar-refractivity contribution is 7.89. The molecule has 3 atom stereocenters. The van der Waals surface area contributed by atoms with Crippen LogP contribution in [0.15, 0.2) is 59.5 Å². The molecule has 1 fully saturated rings. The lowest BCUT2D eigenvalue weighted by Gasteiger charge is -2.07. The molecule has 0 bridgehead atoms. The molecule has 3 nitrogen and oxygen atoms in total. The molecular weight excluding hydrogens is 346 g/mol. The van der Waals surface area contributed by atoms with Crippen molar-refractivity contribution in [2.45, 2.75) is 43.5 Å². The Morgan fingerprint density at radius 1 is 0.960 bits per heavy atom. The number of benzene rings is 2. The number of hydrogen-bond acceptors (Lipinski definition) is 2. The molecule has 25 heavy (non-hydrogen) atoms. The van der Waals surface area contributed by atoms with Gasteiger partial charge in [0.25, 0.3) is 0 Å². The molecule has 0 radical (unpaired) electrons. The molecule has 0 spiro atoms. The lowest BCUT2D eigenvalue weighted by Crippen LogP contribution is -2.18. The first-order valence-electron chi connectivity index (χ1n) is 8.38. The van der Waals surface area contributed by atoms with Gasteiger partial charge < -0.3 is 0 Å². The largest absolute Gasteiger partial charge is 0.244 e. The maximum absolute atomic E-state index is 13.1. The highest BCUT2D eigenvalue weighted by Crippen LogP contribution is 2.47. The van der Waals surface area contributed by atoms with Crippen LogP contribution in [0.3, 0.4) is 0 Å². The van der Waals surface area contributed by atoms with Gasteiger partial charge in [0.1, 0.15) is 14.1 Å². The van der Waals surface area contributed by atoms with Crippen molar-refractivity contribution in [3.05, 3.63) is 65.7 Å². The zero-order chi connectivity index (χ0) is 18.2. The Kier molecular flexibility index (Phi) is 4.63. The van der Waals surface area contributed by atoms with Crippen LogP contribution in [0.4, 0.5) is 0 Å². The molecule has 2 aromatic rings. The van der Waals surface area contributed by atoms with Crippen LogP contribution >= 0.6 is 0 Å². The SMILES string of the molecule is Cc1ccc(S(=O)(=O)N2[C@H](C#C[Si](C)(C)C)[C@@H]2c2ccccc2)cc1. The summed E-state index contributed by atoms with van der Waals surface area (Å²) in [5.41, 5.74) is 5.36. The Morgan fingerprint density at radius 2 is 1.56 bits per heavy atom. The van der Waals surface area contributed by atoms with E-state index in [0.29, 0.717) is 4.90 Å². The summed E-state index contributed by atoms with van der Waals surface area (Å²) < 4.78 is 27.7. The summed E-state index contributed by atoms with van der Waals surface area (Å²) in [6.45, 7) is 8.44. The molecule has 0 aromatic heterocycles. The van der Waals surface area contributed by atoms with E-state index in [1.807, 2.05) is 49.4 Å². The van der Waals surface area contributed by atoms with Gasteiger partial charge in [0.2, 0.25) is 10.0 Å². The molecule has 1 unspecified atom stereocenters. The summed E-state index contributed by atoms with van der Waals surface area (Å²) in [6.07, 6.45) is 0. The van der Waals surface area contributed by atoms with Gasteiger partial charge in [-0.05, 0) is 24.6 Å². The van der Waals surface area contributed by atoms with Gasteiger partial charge in [-0.15, -0.1) is 5.54 Å². The third-order valence-electron chi connectivity index (χ3n) is 4.09. The van der Waals surface area contributed by atoms with E-state index < -0.39 is 18.1 Å². The van der Waals surface area contributed by atoms with Crippen molar-refractivity contribution in [3.8, 4) is 11.5 Å². The number of aryl methyl sites for hydroxylation is 1. The van der Waals surface area contributed by atoms with Crippen LogP contribution < -0.4 is 0 Å². The summed E-state index contributed by atoms with van der Waals surface area (Å²) in [5.74, 6) is 3.24. The molecule has 5 heteroatoms. The summed E-state index contributed by atoms with van der Waals surface area (Å²) in [5, 5.41) is 0. The van der Waals surface area contributed by atoms with Gasteiger partial charge in [-0.1, -0.05) is 73.6 Å². The standard InChI is InChI=1S/C20H23NO2SSi/c1-16-10-12-18(13-11-16)24(22,23)21-19(14-15-25(2,3)4)20(21)17-8-6-5-7-9-17/h5-13,19-20H,1-4H3/t19-,20+,21?/m1/s1. The fraction of sp³-hybridized carbons (Fsp3) is 0.300. The van der Waals surface area contributed by atoms with E-state index in [-0.39, 0.29) is 12.1 Å². The van der Waals surface area contributed by atoms with Gasteiger partial charge in [-0.3, -0.25) is 0 Å². The summed E-state index contributed by atoms with van der Waals surface area (Å²) in [6, 6.07) is 16.3. The van der Waals surface area contributed by atoms with Crippen LogP contribution in [0.2, 0.25) is 19.6 Å². The topological polar surface area (TPSA) is 37.1 Å². The Bertz CT molecular complexity index is 920. The quantitative estimate of drug-likeness (QED) is 0.466. The molecular formula is C20H23NO2SSi. The van der Waals surface area contributed by atoms with Crippen LogP contribution in [-0.2, 0) is 10.0 Å². The van der Waals surface area contributed by atoms with Crippen molar-refractivity contribution in [3.63, 3.8) is 0 Å². The average Bonchev–Trinajstić information content (AvgIpc) is 3.29. The first-order chi connectivity index (χ1) is 11.7. The highest BCUT2D eigenvalue weighted by Gasteiger charge is 2.55. The monoisotopic (exact) mass is 369 g/mol. The number of sulfonamides is 1. The minimum absolute atomic E-state index is 0.198. The van der Waals surface area contributed by atoms with Crippen LogP contribution in [0, 0.1) is 18.4 Å². The fourth-order valence-corrected chi connectivity index (χ4v) is 5.01. The summed E-state index contributed by atoms with van der Waals surface area (Å²) >= 11 is 0. The Labute approximate surface area is 151 Å². The second-order valence-electron chi connectivity index (χ2n) is 7.47. The van der Waals surface area contributed by atoms with E-state index in [1.165, 1.54) is 0 Å². The van der Waals surface area contributed by atoms with E-state index >= 15 is 0 Å². The Morgan fingerprint density at radius 3 is 2.12 bits per heavy atom. The van der Waals surface area contributed by atoms with Gasteiger partial charge in [-0.2, -0.15) is 4.31 Å². The Hall–Kier alpha value is -1.87. The van der Waals surface area contributed by atoms with Gasteiger partial charge >= 0.3 is 0 Å². The second-order valence-corrected chi connectivity index (χ2v) is 14.1. The van der Waals surface area contributed by atoms with Crippen molar-refractivity contribution < 1.29 is 8.42 Å². The van der Waals surface area contributed by atoms with E-state index in [0.717, 1.165) is 11.1 Å². The first kappa shape index (κ1) is 17.9.